The van der Waals surface area contributed by atoms with Gasteiger partial charge >= 0.3 is 5.97 Å². The van der Waals surface area contributed by atoms with E-state index in [2.05, 4.69) is 10.1 Å². The Kier molecular flexibility index (Phi) is 3.58. The summed E-state index contributed by atoms with van der Waals surface area (Å²) in [5.74, 6) is -0.405. The Morgan fingerprint density at radius 3 is 2.68 bits per heavy atom. The minimum atomic E-state index is -0.405. The van der Waals surface area contributed by atoms with Crippen molar-refractivity contribution in [3.8, 4) is 5.69 Å². The first kappa shape index (κ1) is 14.5. The molecule has 1 aromatic carbocycles. The highest BCUT2D eigenvalue weighted by Crippen LogP contribution is 2.28. The van der Waals surface area contributed by atoms with Crippen LogP contribution >= 0.6 is 11.6 Å². The number of carbonyl (C=O) groups is 1. The molecule has 0 saturated heterocycles. The molecule has 2 heterocycles. The number of ether oxygens (including phenoxy) is 1. The van der Waals surface area contributed by atoms with Crippen LogP contribution < -0.4 is 0 Å². The van der Waals surface area contributed by atoms with Gasteiger partial charge in [0.15, 0.2) is 5.65 Å². The summed E-state index contributed by atoms with van der Waals surface area (Å²) >= 11 is 6.26. The lowest BCUT2D eigenvalue weighted by Gasteiger charge is -2.07. The largest absolute Gasteiger partial charge is 0.465 e. The van der Waals surface area contributed by atoms with Gasteiger partial charge in [-0.1, -0.05) is 23.7 Å². The molecule has 2 aromatic heterocycles. The van der Waals surface area contributed by atoms with Gasteiger partial charge < -0.3 is 4.74 Å². The molecule has 3 rings (SSSR count). The summed E-state index contributed by atoms with van der Waals surface area (Å²) in [5, 5.41) is 5.74. The third kappa shape index (κ3) is 2.23. The van der Waals surface area contributed by atoms with Crippen LogP contribution in [0.2, 0.25) is 5.02 Å². The number of esters is 1. The number of aryl methyl sites for hydroxylation is 2. The van der Waals surface area contributed by atoms with E-state index >= 15 is 0 Å². The number of nitrogens with zero attached hydrogens (tertiary/aromatic N) is 3. The van der Waals surface area contributed by atoms with E-state index in [1.54, 1.807) is 16.8 Å². The third-order valence-electron chi connectivity index (χ3n) is 3.43. The molecule has 112 valence electrons. The lowest BCUT2D eigenvalue weighted by atomic mass is 10.1. The number of aromatic nitrogens is 3. The average Bonchev–Trinajstić information content (AvgIpc) is 2.83. The smallest absolute Gasteiger partial charge is 0.338 e. The summed E-state index contributed by atoms with van der Waals surface area (Å²) in [6, 6.07) is 9.08. The maximum atomic E-state index is 12.0. The molecule has 5 nitrogen and oxygen atoms in total. The molecule has 0 unspecified atom stereocenters. The van der Waals surface area contributed by atoms with E-state index in [0.29, 0.717) is 33.0 Å². The van der Waals surface area contributed by atoms with Crippen LogP contribution in [0.15, 0.2) is 30.3 Å². The highest BCUT2D eigenvalue weighted by Gasteiger charge is 2.20. The number of benzene rings is 1. The zero-order chi connectivity index (χ0) is 15.9. The van der Waals surface area contributed by atoms with E-state index in [1.807, 2.05) is 32.0 Å². The van der Waals surface area contributed by atoms with Gasteiger partial charge in [0.05, 0.1) is 34.5 Å². The number of methoxy groups -OCH3 is 1. The molecule has 0 atom stereocenters. The van der Waals surface area contributed by atoms with Crippen LogP contribution in [0.4, 0.5) is 0 Å². The normalized spacial score (nSPS) is 10.9. The minimum absolute atomic E-state index is 0.405. The molecule has 0 N–H and O–H groups in total. The Labute approximate surface area is 132 Å². The fourth-order valence-corrected chi connectivity index (χ4v) is 2.69. The SMILES string of the molecule is COC(=O)c1cc(C)nc2c1c(C)nn2-c1ccccc1Cl. The molecule has 0 amide bonds. The van der Waals surface area contributed by atoms with Crippen molar-refractivity contribution in [2.45, 2.75) is 13.8 Å². The van der Waals surface area contributed by atoms with Crippen LogP contribution in [0.3, 0.4) is 0 Å². The number of carbonyl (C=O) groups excluding carboxylic acids is 1. The van der Waals surface area contributed by atoms with Gasteiger partial charge in [-0.3, -0.25) is 0 Å². The van der Waals surface area contributed by atoms with Crippen LogP contribution in [0.1, 0.15) is 21.7 Å². The highest BCUT2D eigenvalue weighted by atomic mass is 35.5. The van der Waals surface area contributed by atoms with Gasteiger partial charge in [0.25, 0.3) is 0 Å². The number of para-hydroxylation sites is 1. The first-order chi connectivity index (χ1) is 10.5. The average molecular weight is 316 g/mol. The van der Waals surface area contributed by atoms with Crippen molar-refractivity contribution in [1.82, 2.24) is 14.8 Å². The topological polar surface area (TPSA) is 57.0 Å². The van der Waals surface area contributed by atoms with Crippen molar-refractivity contribution in [1.29, 1.82) is 0 Å². The van der Waals surface area contributed by atoms with Gasteiger partial charge in [0, 0.05) is 5.69 Å². The van der Waals surface area contributed by atoms with Crippen LogP contribution in [-0.4, -0.2) is 27.8 Å². The maximum absolute atomic E-state index is 12.0. The summed E-state index contributed by atoms with van der Waals surface area (Å²) < 4.78 is 6.52. The number of pyridine rings is 1. The zero-order valence-corrected chi connectivity index (χ0v) is 13.2. The second-order valence-corrected chi connectivity index (χ2v) is 5.36. The van der Waals surface area contributed by atoms with Gasteiger partial charge in [0.1, 0.15) is 0 Å². The first-order valence-electron chi connectivity index (χ1n) is 6.73. The van der Waals surface area contributed by atoms with E-state index in [9.17, 15) is 4.79 Å². The molecule has 3 aromatic rings. The van der Waals surface area contributed by atoms with Gasteiger partial charge in [-0.05, 0) is 32.0 Å². The van der Waals surface area contributed by atoms with Crippen molar-refractivity contribution < 1.29 is 9.53 Å². The predicted molar refractivity (Wildman–Crippen MR) is 84.7 cm³/mol. The molecule has 0 saturated carbocycles. The number of hydrogen-bond acceptors (Lipinski definition) is 4. The molecule has 0 spiro atoms. The highest BCUT2D eigenvalue weighted by molar-refractivity contribution is 6.32. The summed E-state index contributed by atoms with van der Waals surface area (Å²) in [6.45, 7) is 3.66. The van der Waals surface area contributed by atoms with E-state index in [1.165, 1.54) is 7.11 Å². The Morgan fingerprint density at radius 2 is 2.00 bits per heavy atom. The molecule has 0 aliphatic rings. The third-order valence-corrected chi connectivity index (χ3v) is 3.75. The van der Waals surface area contributed by atoms with E-state index in [-0.39, 0.29) is 0 Å². The van der Waals surface area contributed by atoms with Crippen LogP contribution in [-0.2, 0) is 4.74 Å². The summed E-state index contributed by atoms with van der Waals surface area (Å²) in [7, 11) is 1.36. The van der Waals surface area contributed by atoms with Crippen LogP contribution in [0, 0.1) is 13.8 Å². The Morgan fingerprint density at radius 1 is 1.27 bits per heavy atom. The van der Waals surface area contributed by atoms with Gasteiger partial charge in [0.2, 0.25) is 0 Å². The van der Waals surface area contributed by atoms with Crippen molar-refractivity contribution in [3.05, 3.63) is 52.3 Å². The Balaban J connectivity index is 2.38. The van der Waals surface area contributed by atoms with E-state index in [0.717, 1.165) is 5.69 Å². The second-order valence-electron chi connectivity index (χ2n) is 4.95. The number of rotatable bonds is 2. The molecule has 22 heavy (non-hydrogen) atoms. The molecule has 0 radical (unpaired) electrons. The standard InChI is InChI=1S/C16H14ClN3O2/c1-9-8-11(16(21)22-3)14-10(2)19-20(15(14)18-9)13-7-5-4-6-12(13)17/h4-8H,1-3H3. The fraction of sp³-hybridized carbons (Fsp3) is 0.188. The fourth-order valence-electron chi connectivity index (χ4n) is 2.48. The quantitative estimate of drug-likeness (QED) is 0.679. The molecule has 6 heteroatoms. The monoisotopic (exact) mass is 315 g/mol. The van der Waals surface area contributed by atoms with Crippen molar-refractivity contribution >= 4 is 28.6 Å². The number of halogens is 1. The molecule has 0 aliphatic heterocycles. The molecular weight excluding hydrogens is 302 g/mol. The van der Waals surface area contributed by atoms with Gasteiger partial charge in [-0.2, -0.15) is 5.10 Å². The summed E-state index contributed by atoms with van der Waals surface area (Å²) in [5.41, 5.74) is 3.17. The Hall–Kier alpha value is -2.40. The molecule has 0 fully saturated rings. The maximum Gasteiger partial charge on any atom is 0.338 e. The second kappa shape index (κ2) is 5.42. The molecule has 0 aliphatic carbocycles. The zero-order valence-electron chi connectivity index (χ0n) is 12.4. The summed E-state index contributed by atoms with van der Waals surface area (Å²) in [6.07, 6.45) is 0. The molecular formula is C16H14ClN3O2. The Bertz CT molecular complexity index is 886. The predicted octanol–water partition coefficient (Wildman–Crippen LogP) is 3.48. The number of fused-ring (bicyclic) bond motifs is 1. The summed E-state index contributed by atoms with van der Waals surface area (Å²) in [4.78, 5) is 16.6. The van der Waals surface area contributed by atoms with Crippen LogP contribution in [0.5, 0.6) is 0 Å². The van der Waals surface area contributed by atoms with Gasteiger partial charge in [-0.25, -0.2) is 14.5 Å². The van der Waals surface area contributed by atoms with Crippen molar-refractivity contribution in [2.24, 2.45) is 0 Å². The van der Waals surface area contributed by atoms with E-state index in [4.69, 9.17) is 16.3 Å². The van der Waals surface area contributed by atoms with Crippen molar-refractivity contribution in [2.75, 3.05) is 7.11 Å². The van der Waals surface area contributed by atoms with E-state index < -0.39 is 5.97 Å². The number of hydrogen-bond donors (Lipinski definition) is 0. The van der Waals surface area contributed by atoms with Gasteiger partial charge in [-0.15, -0.1) is 0 Å². The molecule has 0 bridgehead atoms. The van der Waals surface area contributed by atoms with Crippen molar-refractivity contribution in [3.63, 3.8) is 0 Å². The first-order valence-corrected chi connectivity index (χ1v) is 7.11. The van der Waals surface area contributed by atoms with Crippen LogP contribution in [0.25, 0.3) is 16.7 Å². The lowest BCUT2D eigenvalue weighted by molar-refractivity contribution is 0.0602. The minimum Gasteiger partial charge on any atom is -0.465 e. The lowest BCUT2D eigenvalue weighted by Crippen LogP contribution is -2.05.